The highest BCUT2D eigenvalue weighted by molar-refractivity contribution is 7.85. The third-order valence-corrected chi connectivity index (χ3v) is 3.73. The molecule has 0 saturated heterocycles. The predicted molar refractivity (Wildman–Crippen MR) is 65.3 cm³/mol. The second-order valence-corrected chi connectivity index (χ2v) is 4.31. The Bertz CT molecular complexity index is 258. The lowest BCUT2D eigenvalue weighted by molar-refractivity contribution is 0.372. The van der Waals surface area contributed by atoms with Crippen LogP contribution in [0.25, 0.3) is 0 Å². The van der Waals surface area contributed by atoms with Crippen LogP contribution < -0.4 is 0 Å². The Morgan fingerprint density at radius 2 is 2.00 bits per heavy atom. The fourth-order valence-corrected chi connectivity index (χ4v) is 2.15. The first-order valence-electron chi connectivity index (χ1n) is 4.18. The van der Waals surface area contributed by atoms with Crippen molar-refractivity contribution in [3.63, 3.8) is 0 Å². The second kappa shape index (κ2) is 4.29. The summed E-state index contributed by atoms with van der Waals surface area (Å²) in [6.45, 7) is 7.57. The maximum absolute atomic E-state index is 4.48. The number of rotatable bonds is 2. The van der Waals surface area contributed by atoms with Crippen molar-refractivity contribution in [3.05, 3.63) is 36.6 Å². The van der Waals surface area contributed by atoms with E-state index in [-0.39, 0.29) is 10.6 Å². The molecule has 2 atom stereocenters. The first-order chi connectivity index (χ1) is 6.11. The Morgan fingerprint density at radius 1 is 1.38 bits per heavy atom. The number of allylic oxidation sites excluding steroid dienone is 3. The van der Waals surface area contributed by atoms with Crippen LogP contribution in [0.1, 0.15) is 6.42 Å². The molecule has 0 aliphatic carbocycles. The highest BCUT2D eigenvalue weighted by atomic mass is 32.1. The number of hydrogen-bond donors (Lipinski definition) is 2. The molecule has 0 bridgehead atoms. The summed E-state index contributed by atoms with van der Waals surface area (Å²) < 4.78 is 0. The number of thiol groups is 2. The van der Waals surface area contributed by atoms with E-state index >= 15 is 0 Å². The standard InChI is InChI=1S/C10H15NS2/c1-4-7-6-9(12)10(13)11(3)8(7)5-2/h4-5,9-10,12-13H,1-2,6H2,3H3. The molecule has 1 nitrogen and oxygen atoms in total. The molecular weight excluding hydrogens is 198 g/mol. The maximum Gasteiger partial charge on any atom is 0.0837 e. The lowest BCUT2D eigenvalue weighted by Gasteiger charge is -2.37. The average Bonchev–Trinajstić information content (AvgIpc) is 2.13. The molecule has 0 saturated carbocycles. The molecule has 1 heterocycles. The molecule has 0 fully saturated rings. The SMILES string of the molecule is C=CC1=C(C=C)N(C)C(S)C(S)C1. The van der Waals surface area contributed by atoms with Crippen molar-refractivity contribution in [2.45, 2.75) is 17.0 Å². The second-order valence-electron chi connectivity index (χ2n) is 3.11. The monoisotopic (exact) mass is 213 g/mol. The fraction of sp³-hybridized carbons (Fsp3) is 0.400. The molecule has 72 valence electrons. The minimum absolute atomic E-state index is 0.153. The van der Waals surface area contributed by atoms with Gasteiger partial charge >= 0.3 is 0 Å². The molecular formula is C10H15NS2. The summed E-state index contributed by atoms with van der Waals surface area (Å²) in [5.41, 5.74) is 2.31. The van der Waals surface area contributed by atoms with Gasteiger partial charge in [-0.1, -0.05) is 19.2 Å². The van der Waals surface area contributed by atoms with Gasteiger partial charge in [-0.2, -0.15) is 25.3 Å². The molecule has 3 heteroatoms. The van der Waals surface area contributed by atoms with E-state index in [0.717, 1.165) is 12.1 Å². The summed E-state index contributed by atoms with van der Waals surface area (Å²) in [6.07, 6.45) is 4.63. The third-order valence-electron chi connectivity index (χ3n) is 2.32. The Kier molecular flexibility index (Phi) is 3.56. The van der Waals surface area contributed by atoms with E-state index in [1.165, 1.54) is 5.57 Å². The van der Waals surface area contributed by atoms with Crippen molar-refractivity contribution in [1.82, 2.24) is 4.90 Å². The van der Waals surface area contributed by atoms with Crippen LogP contribution in [-0.4, -0.2) is 22.6 Å². The Labute approximate surface area is 91.0 Å². The highest BCUT2D eigenvalue weighted by Crippen LogP contribution is 2.31. The summed E-state index contributed by atoms with van der Waals surface area (Å²) in [7, 11) is 2.00. The van der Waals surface area contributed by atoms with Crippen molar-refractivity contribution in [1.29, 1.82) is 0 Å². The van der Waals surface area contributed by atoms with E-state index in [4.69, 9.17) is 0 Å². The fourth-order valence-electron chi connectivity index (χ4n) is 1.53. The lowest BCUT2D eigenvalue weighted by Crippen LogP contribution is -2.38. The largest absolute Gasteiger partial charge is 0.362 e. The van der Waals surface area contributed by atoms with Gasteiger partial charge in [-0.15, -0.1) is 0 Å². The van der Waals surface area contributed by atoms with Crippen molar-refractivity contribution in [3.8, 4) is 0 Å². The van der Waals surface area contributed by atoms with Crippen molar-refractivity contribution < 1.29 is 0 Å². The van der Waals surface area contributed by atoms with Crippen LogP contribution in [0.5, 0.6) is 0 Å². The zero-order valence-corrected chi connectivity index (χ0v) is 9.56. The minimum Gasteiger partial charge on any atom is -0.362 e. The summed E-state index contributed by atoms with van der Waals surface area (Å²) in [5, 5.41) is 0.407. The number of nitrogens with zero attached hydrogens (tertiary/aromatic N) is 1. The first kappa shape index (κ1) is 10.8. The molecule has 0 amide bonds. The van der Waals surface area contributed by atoms with Crippen LogP contribution in [0.15, 0.2) is 36.6 Å². The highest BCUT2D eigenvalue weighted by Gasteiger charge is 2.26. The molecule has 0 N–H and O–H groups in total. The molecule has 0 aromatic carbocycles. The average molecular weight is 213 g/mol. The van der Waals surface area contributed by atoms with Gasteiger partial charge in [0.25, 0.3) is 0 Å². The summed E-state index contributed by atoms with van der Waals surface area (Å²) in [4.78, 5) is 2.08. The molecule has 2 unspecified atom stereocenters. The zero-order valence-electron chi connectivity index (χ0n) is 7.77. The minimum atomic E-state index is 0.153. The molecule has 0 aromatic rings. The number of hydrogen-bond acceptors (Lipinski definition) is 3. The zero-order chi connectivity index (χ0) is 10.0. The summed E-state index contributed by atoms with van der Waals surface area (Å²) >= 11 is 8.95. The summed E-state index contributed by atoms with van der Waals surface area (Å²) in [5.74, 6) is 0. The van der Waals surface area contributed by atoms with Crippen LogP contribution in [0.3, 0.4) is 0 Å². The molecule has 1 aliphatic rings. The Hall–Kier alpha value is -0.280. The Morgan fingerprint density at radius 3 is 2.46 bits per heavy atom. The van der Waals surface area contributed by atoms with Crippen LogP contribution in [-0.2, 0) is 0 Å². The molecule has 1 aliphatic heterocycles. The molecule has 0 radical (unpaired) electrons. The topological polar surface area (TPSA) is 3.24 Å². The van der Waals surface area contributed by atoms with Gasteiger partial charge in [-0.05, 0) is 18.1 Å². The number of likely N-dealkylation sites (N-methyl/N-ethyl adjacent to an activating group) is 1. The van der Waals surface area contributed by atoms with E-state index < -0.39 is 0 Å². The van der Waals surface area contributed by atoms with Gasteiger partial charge in [0.05, 0.1) is 5.37 Å². The van der Waals surface area contributed by atoms with Crippen molar-refractivity contribution >= 4 is 25.3 Å². The molecule has 0 aromatic heterocycles. The van der Waals surface area contributed by atoms with E-state index in [2.05, 4.69) is 43.3 Å². The van der Waals surface area contributed by atoms with Crippen LogP contribution in [0.2, 0.25) is 0 Å². The van der Waals surface area contributed by atoms with Gasteiger partial charge in [0.1, 0.15) is 0 Å². The van der Waals surface area contributed by atoms with Crippen molar-refractivity contribution in [2.24, 2.45) is 0 Å². The van der Waals surface area contributed by atoms with Crippen molar-refractivity contribution in [2.75, 3.05) is 7.05 Å². The summed E-state index contributed by atoms with van der Waals surface area (Å²) in [6, 6.07) is 0. The van der Waals surface area contributed by atoms with E-state index in [1.54, 1.807) is 0 Å². The van der Waals surface area contributed by atoms with Gasteiger partial charge in [0.15, 0.2) is 0 Å². The van der Waals surface area contributed by atoms with E-state index in [9.17, 15) is 0 Å². The van der Waals surface area contributed by atoms with Crippen LogP contribution in [0, 0.1) is 0 Å². The quantitative estimate of drug-likeness (QED) is 0.667. The third kappa shape index (κ3) is 1.97. The first-order valence-corrected chi connectivity index (χ1v) is 5.22. The van der Waals surface area contributed by atoms with Gasteiger partial charge < -0.3 is 4.90 Å². The molecule has 1 rings (SSSR count). The van der Waals surface area contributed by atoms with Crippen LogP contribution >= 0.6 is 25.3 Å². The lowest BCUT2D eigenvalue weighted by atomic mass is 10.0. The molecule has 0 spiro atoms. The van der Waals surface area contributed by atoms with Gasteiger partial charge in [0.2, 0.25) is 0 Å². The smallest absolute Gasteiger partial charge is 0.0837 e. The normalized spacial score (nSPS) is 29.0. The Balaban J connectivity index is 3.06. The predicted octanol–water partition coefficient (Wildman–Crippen LogP) is 2.50. The van der Waals surface area contributed by atoms with E-state index in [1.807, 2.05) is 19.2 Å². The van der Waals surface area contributed by atoms with Gasteiger partial charge in [-0.25, -0.2) is 0 Å². The van der Waals surface area contributed by atoms with Gasteiger partial charge in [-0.3, -0.25) is 0 Å². The van der Waals surface area contributed by atoms with Crippen LogP contribution in [0.4, 0.5) is 0 Å². The van der Waals surface area contributed by atoms with Gasteiger partial charge in [0, 0.05) is 18.0 Å². The van der Waals surface area contributed by atoms with E-state index in [0.29, 0.717) is 0 Å². The molecule has 13 heavy (non-hydrogen) atoms. The maximum atomic E-state index is 4.48.